The maximum atomic E-state index is 15.0. The summed E-state index contributed by atoms with van der Waals surface area (Å²) in [5, 5.41) is 2.90. The lowest BCUT2D eigenvalue weighted by atomic mass is 10.0. The molecule has 0 unspecified atom stereocenters. The molecule has 4 rings (SSSR count). The van der Waals surface area contributed by atoms with Gasteiger partial charge in [-0.3, -0.25) is 13.9 Å². The average Bonchev–Trinajstić information content (AvgIpc) is 2.99. The number of hydrogen-bond acceptors (Lipinski definition) is 4. The minimum atomic E-state index is -4.23. The van der Waals surface area contributed by atoms with E-state index in [1.165, 1.54) is 23.1 Å². The monoisotopic (exact) mass is 629 g/mol. The van der Waals surface area contributed by atoms with Crippen molar-refractivity contribution in [2.24, 2.45) is 0 Å². The molecule has 0 fully saturated rings. The zero-order valence-corrected chi connectivity index (χ0v) is 27.1. The quantitative estimate of drug-likeness (QED) is 0.205. The molecule has 0 radical (unpaired) electrons. The van der Waals surface area contributed by atoms with E-state index >= 15 is 4.39 Å². The van der Waals surface area contributed by atoms with Crippen molar-refractivity contribution in [3.8, 4) is 0 Å². The summed E-state index contributed by atoms with van der Waals surface area (Å²) in [7, 11) is -4.23. The molecule has 0 bridgehead atoms. The molecule has 0 aliphatic heterocycles. The highest BCUT2D eigenvalue weighted by Gasteiger charge is 2.35. The van der Waals surface area contributed by atoms with E-state index in [0.29, 0.717) is 11.3 Å². The van der Waals surface area contributed by atoms with Crippen LogP contribution < -0.4 is 9.62 Å². The lowest BCUT2D eigenvalue weighted by molar-refractivity contribution is -0.140. The molecular weight excluding hydrogens is 589 g/mol. The van der Waals surface area contributed by atoms with Gasteiger partial charge in [0.05, 0.1) is 10.6 Å². The van der Waals surface area contributed by atoms with Crippen LogP contribution in [-0.2, 0) is 32.6 Å². The van der Waals surface area contributed by atoms with E-state index in [0.717, 1.165) is 21.0 Å². The number of nitrogens with one attached hydrogen (secondary N) is 1. The molecule has 0 spiro atoms. The van der Waals surface area contributed by atoms with Crippen LogP contribution in [0.2, 0.25) is 0 Å². The highest BCUT2D eigenvalue weighted by atomic mass is 32.2. The molecule has 4 aromatic rings. The molecule has 2 amide bonds. The topological polar surface area (TPSA) is 86.8 Å². The Balaban J connectivity index is 1.84. The van der Waals surface area contributed by atoms with Gasteiger partial charge in [-0.1, -0.05) is 83.9 Å². The Morgan fingerprint density at radius 1 is 0.822 bits per heavy atom. The normalized spacial score (nSPS) is 12.1. The van der Waals surface area contributed by atoms with Crippen molar-refractivity contribution in [1.29, 1.82) is 0 Å². The number of anilines is 1. The Bertz CT molecular complexity index is 1740. The summed E-state index contributed by atoms with van der Waals surface area (Å²) < 4.78 is 44.5. The number of aryl methyl sites for hydroxylation is 3. The van der Waals surface area contributed by atoms with Crippen molar-refractivity contribution < 1.29 is 22.4 Å². The molecular formula is C36H40FN3O4S. The fraction of sp³-hybridized carbons (Fsp3) is 0.278. The third-order valence-corrected chi connectivity index (χ3v) is 9.28. The highest BCUT2D eigenvalue weighted by molar-refractivity contribution is 7.92. The number of carbonyl (C=O) groups excluding carboxylic acids is 2. The molecule has 0 aliphatic carbocycles. The molecule has 0 aliphatic rings. The molecule has 0 saturated carbocycles. The summed E-state index contributed by atoms with van der Waals surface area (Å²) in [6, 6.07) is 25.8. The predicted octanol–water partition coefficient (Wildman–Crippen LogP) is 6.11. The first-order valence-electron chi connectivity index (χ1n) is 14.9. The second kappa shape index (κ2) is 14.5. The Morgan fingerprint density at radius 3 is 2.07 bits per heavy atom. The Morgan fingerprint density at radius 2 is 1.44 bits per heavy atom. The van der Waals surface area contributed by atoms with Gasteiger partial charge in [0.25, 0.3) is 10.0 Å². The maximum absolute atomic E-state index is 15.0. The first-order valence-corrected chi connectivity index (χ1v) is 16.3. The van der Waals surface area contributed by atoms with E-state index in [9.17, 15) is 18.0 Å². The van der Waals surface area contributed by atoms with Crippen LogP contribution in [-0.4, -0.2) is 43.8 Å². The third kappa shape index (κ3) is 8.36. The number of hydrogen-bond donors (Lipinski definition) is 1. The van der Waals surface area contributed by atoms with Gasteiger partial charge in [-0.2, -0.15) is 0 Å². The third-order valence-electron chi connectivity index (χ3n) is 7.51. The molecule has 0 saturated heterocycles. The van der Waals surface area contributed by atoms with Crippen molar-refractivity contribution in [3.05, 3.63) is 131 Å². The lowest BCUT2D eigenvalue weighted by Crippen LogP contribution is -2.54. The maximum Gasteiger partial charge on any atom is 0.264 e. The predicted molar refractivity (Wildman–Crippen MR) is 176 cm³/mol. The van der Waals surface area contributed by atoms with Crippen LogP contribution in [0.25, 0.3) is 0 Å². The number of halogens is 1. The van der Waals surface area contributed by atoms with Crippen LogP contribution in [0.5, 0.6) is 0 Å². The van der Waals surface area contributed by atoms with Crippen LogP contribution in [0.1, 0.15) is 41.7 Å². The summed E-state index contributed by atoms with van der Waals surface area (Å²) in [4.78, 5) is 29.6. The van der Waals surface area contributed by atoms with Crippen molar-refractivity contribution in [3.63, 3.8) is 0 Å². The molecule has 0 heterocycles. The van der Waals surface area contributed by atoms with E-state index in [2.05, 4.69) is 5.32 Å². The summed E-state index contributed by atoms with van der Waals surface area (Å²) in [6.45, 7) is 8.34. The van der Waals surface area contributed by atoms with Crippen LogP contribution in [0, 0.1) is 26.6 Å². The molecule has 7 nitrogen and oxygen atoms in total. The minimum Gasteiger partial charge on any atom is -0.352 e. The molecule has 4 aromatic carbocycles. The molecule has 1 atom stereocenters. The van der Waals surface area contributed by atoms with Gasteiger partial charge in [0.2, 0.25) is 11.8 Å². The largest absolute Gasteiger partial charge is 0.352 e. The second-order valence-electron chi connectivity index (χ2n) is 11.6. The van der Waals surface area contributed by atoms with Gasteiger partial charge in [-0.05, 0) is 70.0 Å². The standard InChI is InChI=1S/C36H40FN3O4S/c1-25(2)38-36(42)34(22-29-11-7-6-8-12-29)39(23-30-13-9-10-14-32(30)37)35(41)24-40(33-20-17-27(4)21-28(33)5)45(43,44)31-18-15-26(3)16-19-31/h6-21,25,34H,22-24H2,1-5H3,(H,38,42)/t34-/m1/s1. The summed E-state index contributed by atoms with van der Waals surface area (Å²) in [6.07, 6.45) is 0.147. The number of nitrogens with zero attached hydrogens (tertiary/aromatic N) is 2. The molecule has 1 N–H and O–H groups in total. The fourth-order valence-corrected chi connectivity index (χ4v) is 6.66. The number of amides is 2. The van der Waals surface area contributed by atoms with Crippen molar-refractivity contribution >= 4 is 27.5 Å². The van der Waals surface area contributed by atoms with E-state index in [1.54, 1.807) is 49.4 Å². The number of carbonyl (C=O) groups is 2. The SMILES string of the molecule is Cc1ccc(S(=O)(=O)N(CC(=O)N(Cc2ccccc2F)[C@H](Cc2ccccc2)C(=O)NC(C)C)c2ccc(C)cc2C)cc1. The van der Waals surface area contributed by atoms with Crippen LogP contribution >= 0.6 is 0 Å². The fourth-order valence-electron chi connectivity index (χ4n) is 5.18. The van der Waals surface area contributed by atoms with Gasteiger partial charge in [0.1, 0.15) is 18.4 Å². The zero-order valence-electron chi connectivity index (χ0n) is 26.3. The molecule has 236 valence electrons. The van der Waals surface area contributed by atoms with Crippen LogP contribution in [0.3, 0.4) is 0 Å². The van der Waals surface area contributed by atoms with Crippen molar-refractivity contribution in [1.82, 2.24) is 10.2 Å². The van der Waals surface area contributed by atoms with Gasteiger partial charge in [-0.15, -0.1) is 0 Å². The van der Waals surface area contributed by atoms with Gasteiger partial charge >= 0.3 is 0 Å². The van der Waals surface area contributed by atoms with Crippen LogP contribution in [0.15, 0.2) is 102 Å². The lowest BCUT2D eigenvalue weighted by Gasteiger charge is -2.34. The zero-order chi connectivity index (χ0) is 32.7. The van der Waals surface area contributed by atoms with Gasteiger partial charge in [-0.25, -0.2) is 12.8 Å². The highest BCUT2D eigenvalue weighted by Crippen LogP contribution is 2.29. The summed E-state index contributed by atoms with van der Waals surface area (Å²) in [5.41, 5.74) is 3.83. The van der Waals surface area contributed by atoms with Crippen molar-refractivity contribution in [2.45, 2.75) is 64.6 Å². The van der Waals surface area contributed by atoms with Gasteiger partial charge in [0, 0.05) is 24.6 Å². The number of rotatable bonds is 12. The minimum absolute atomic E-state index is 0.0277. The first-order chi connectivity index (χ1) is 21.4. The summed E-state index contributed by atoms with van der Waals surface area (Å²) >= 11 is 0. The number of benzene rings is 4. The van der Waals surface area contributed by atoms with E-state index < -0.39 is 40.2 Å². The van der Waals surface area contributed by atoms with Gasteiger partial charge in [0.15, 0.2) is 0 Å². The smallest absolute Gasteiger partial charge is 0.264 e. The second-order valence-corrected chi connectivity index (χ2v) is 13.5. The molecule has 9 heteroatoms. The molecule has 45 heavy (non-hydrogen) atoms. The Kier molecular flexibility index (Phi) is 10.8. The van der Waals surface area contributed by atoms with Crippen molar-refractivity contribution in [2.75, 3.05) is 10.8 Å². The van der Waals surface area contributed by atoms with Crippen LogP contribution in [0.4, 0.5) is 10.1 Å². The molecule has 0 aromatic heterocycles. The summed E-state index contributed by atoms with van der Waals surface area (Å²) in [5.74, 6) is -1.59. The Labute approximate surface area is 265 Å². The van der Waals surface area contributed by atoms with E-state index in [4.69, 9.17) is 0 Å². The first kappa shape index (κ1) is 33.4. The van der Waals surface area contributed by atoms with E-state index in [1.807, 2.05) is 64.1 Å². The average molecular weight is 630 g/mol. The number of sulfonamides is 1. The Hall–Kier alpha value is -4.50. The van der Waals surface area contributed by atoms with E-state index in [-0.39, 0.29) is 29.5 Å². The van der Waals surface area contributed by atoms with Gasteiger partial charge < -0.3 is 10.2 Å².